The number of hydrogen-bond acceptors (Lipinski definition) is 5. The maximum absolute atomic E-state index is 15.0. The Hall–Kier alpha value is -3.32. The normalized spacial score (nSPS) is 19.4. The lowest BCUT2D eigenvalue weighted by molar-refractivity contribution is -0.116. The number of Topliss-reactive ketones (excluding diaryl/α,β-unsaturated/α-hetero) is 1. The first-order chi connectivity index (χ1) is 16.5. The molecule has 34 heavy (non-hydrogen) atoms. The van der Waals surface area contributed by atoms with E-state index in [2.05, 4.69) is 26.6 Å². The van der Waals surface area contributed by atoms with Gasteiger partial charge in [-0.15, -0.1) is 0 Å². The zero-order valence-corrected chi connectivity index (χ0v) is 20.4. The molecule has 1 aliphatic heterocycles. The molecule has 0 radical (unpaired) electrons. The standard InChI is InChI=1S/C27H24BrFN2O3/c1-33-24-10-7-15(13-25(24)34-2)16-11-22-26(23(32)12-16)27(18-14-17(28)8-9-19(18)29)31-21-6-4-3-5-20(21)30-22/h3-10,13-14,16,27,30-31H,11-12H2,1-2H3/t16-,27-/m1/s1. The summed E-state index contributed by atoms with van der Waals surface area (Å²) in [5.41, 5.74) is 4.47. The number of carbonyl (C=O) groups excluding carboxylic acids is 1. The largest absolute Gasteiger partial charge is 0.493 e. The number of hydrogen-bond donors (Lipinski definition) is 2. The highest BCUT2D eigenvalue weighted by atomic mass is 79.9. The lowest BCUT2D eigenvalue weighted by Gasteiger charge is -2.30. The zero-order chi connectivity index (χ0) is 23.8. The van der Waals surface area contributed by atoms with Gasteiger partial charge in [-0.25, -0.2) is 4.39 Å². The van der Waals surface area contributed by atoms with Crippen molar-refractivity contribution in [1.29, 1.82) is 0 Å². The monoisotopic (exact) mass is 522 g/mol. The quantitative estimate of drug-likeness (QED) is 0.405. The van der Waals surface area contributed by atoms with Crippen molar-refractivity contribution in [2.75, 3.05) is 24.9 Å². The van der Waals surface area contributed by atoms with Crippen molar-refractivity contribution in [3.05, 3.63) is 93.4 Å². The molecule has 174 valence electrons. The van der Waals surface area contributed by atoms with Crippen LogP contribution < -0.4 is 20.1 Å². The lowest BCUT2D eigenvalue weighted by atomic mass is 9.78. The van der Waals surface area contributed by atoms with Crippen molar-refractivity contribution in [2.24, 2.45) is 0 Å². The number of fused-ring (bicyclic) bond motifs is 1. The van der Waals surface area contributed by atoms with Crippen LogP contribution in [-0.2, 0) is 4.79 Å². The van der Waals surface area contributed by atoms with E-state index in [4.69, 9.17) is 9.47 Å². The molecule has 0 saturated carbocycles. The third-order valence-electron chi connectivity index (χ3n) is 6.46. The van der Waals surface area contributed by atoms with Gasteiger partial charge >= 0.3 is 0 Å². The van der Waals surface area contributed by atoms with Crippen LogP contribution in [0, 0.1) is 5.82 Å². The molecule has 2 atom stereocenters. The topological polar surface area (TPSA) is 59.6 Å². The van der Waals surface area contributed by atoms with Gasteiger partial charge in [-0.05, 0) is 60.4 Å². The van der Waals surface area contributed by atoms with Crippen molar-refractivity contribution in [3.8, 4) is 11.5 Å². The van der Waals surface area contributed by atoms with Gasteiger partial charge in [0.25, 0.3) is 0 Å². The molecule has 3 aromatic carbocycles. The summed E-state index contributed by atoms with van der Waals surface area (Å²) in [6.45, 7) is 0. The van der Waals surface area contributed by atoms with Crippen LogP contribution in [0.3, 0.4) is 0 Å². The molecule has 0 unspecified atom stereocenters. The summed E-state index contributed by atoms with van der Waals surface area (Å²) in [6.07, 6.45) is 0.929. The van der Waals surface area contributed by atoms with Crippen molar-refractivity contribution in [3.63, 3.8) is 0 Å². The average Bonchev–Trinajstić information content (AvgIpc) is 3.01. The molecule has 7 heteroatoms. The Morgan fingerprint density at radius 2 is 1.71 bits per heavy atom. The maximum Gasteiger partial charge on any atom is 0.163 e. The van der Waals surface area contributed by atoms with Crippen LogP contribution in [0.4, 0.5) is 15.8 Å². The number of halogens is 2. The van der Waals surface area contributed by atoms with E-state index < -0.39 is 6.04 Å². The van der Waals surface area contributed by atoms with E-state index in [9.17, 15) is 4.79 Å². The summed E-state index contributed by atoms with van der Waals surface area (Å²) in [6, 6.07) is 17.7. The van der Waals surface area contributed by atoms with Crippen LogP contribution in [0.25, 0.3) is 0 Å². The first-order valence-corrected chi connectivity index (χ1v) is 11.8. The van der Waals surface area contributed by atoms with Gasteiger partial charge in [-0.2, -0.15) is 0 Å². The number of benzene rings is 3. The van der Waals surface area contributed by atoms with Gasteiger partial charge in [0.15, 0.2) is 17.3 Å². The van der Waals surface area contributed by atoms with E-state index in [-0.39, 0.29) is 17.5 Å². The minimum absolute atomic E-state index is 0.0155. The van der Waals surface area contributed by atoms with Gasteiger partial charge in [0.2, 0.25) is 0 Å². The molecular weight excluding hydrogens is 499 g/mol. The Balaban J connectivity index is 1.61. The molecule has 2 aliphatic rings. The number of methoxy groups -OCH3 is 2. The summed E-state index contributed by atoms with van der Waals surface area (Å²) in [5, 5.41) is 6.91. The molecule has 0 aromatic heterocycles. The Morgan fingerprint density at radius 1 is 0.941 bits per heavy atom. The van der Waals surface area contributed by atoms with Crippen molar-refractivity contribution in [1.82, 2.24) is 0 Å². The summed E-state index contributed by atoms with van der Waals surface area (Å²) in [7, 11) is 3.20. The fourth-order valence-corrected chi connectivity index (χ4v) is 5.18. The lowest BCUT2D eigenvalue weighted by Crippen LogP contribution is -2.27. The summed E-state index contributed by atoms with van der Waals surface area (Å²) in [4.78, 5) is 13.6. The van der Waals surface area contributed by atoms with Crippen LogP contribution in [-0.4, -0.2) is 20.0 Å². The van der Waals surface area contributed by atoms with E-state index in [1.807, 2.05) is 42.5 Å². The second-order valence-electron chi connectivity index (χ2n) is 8.45. The molecule has 1 aliphatic carbocycles. The summed E-state index contributed by atoms with van der Waals surface area (Å²) in [5.74, 6) is 0.850. The number of ketones is 1. The van der Waals surface area contributed by atoms with Crippen LogP contribution in [0.5, 0.6) is 11.5 Å². The molecule has 0 spiro atoms. The number of anilines is 2. The number of ether oxygens (including phenoxy) is 2. The molecule has 0 fully saturated rings. The van der Waals surface area contributed by atoms with Gasteiger partial charge in [0.1, 0.15) is 5.82 Å². The Morgan fingerprint density at radius 3 is 2.47 bits per heavy atom. The minimum atomic E-state index is -0.609. The van der Waals surface area contributed by atoms with Crippen LogP contribution in [0.2, 0.25) is 0 Å². The Bertz CT molecular complexity index is 1310. The van der Waals surface area contributed by atoms with Gasteiger partial charge in [-0.1, -0.05) is 34.1 Å². The predicted octanol–water partition coefficient (Wildman–Crippen LogP) is 6.58. The van der Waals surface area contributed by atoms with E-state index in [0.29, 0.717) is 35.5 Å². The first kappa shape index (κ1) is 22.5. The van der Waals surface area contributed by atoms with Crippen LogP contribution in [0.15, 0.2) is 76.4 Å². The molecule has 5 rings (SSSR count). The molecular formula is C27H24BrFN2O3. The number of carbonyl (C=O) groups is 1. The second kappa shape index (κ2) is 9.14. The molecule has 0 amide bonds. The SMILES string of the molecule is COc1ccc([C@H]2CC(=O)C3=C(C2)Nc2ccccc2N[C@@H]3c2cc(Br)ccc2F)cc1OC. The molecule has 5 nitrogen and oxygen atoms in total. The van der Waals surface area contributed by atoms with Crippen molar-refractivity contribution in [2.45, 2.75) is 24.8 Å². The summed E-state index contributed by atoms with van der Waals surface area (Å²) < 4.78 is 26.6. The smallest absolute Gasteiger partial charge is 0.163 e. The van der Waals surface area contributed by atoms with E-state index in [1.54, 1.807) is 26.4 Å². The fraction of sp³-hybridized carbons (Fsp3) is 0.222. The molecule has 0 bridgehead atoms. The first-order valence-electron chi connectivity index (χ1n) is 11.0. The zero-order valence-electron chi connectivity index (χ0n) is 18.8. The third-order valence-corrected chi connectivity index (χ3v) is 6.95. The van der Waals surface area contributed by atoms with Gasteiger partial charge in [0.05, 0.1) is 31.6 Å². The number of para-hydroxylation sites is 2. The highest BCUT2D eigenvalue weighted by molar-refractivity contribution is 9.10. The molecule has 1 heterocycles. The number of allylic oxidation sites excluding steroid dienone is 1. The molecule has 2 N–H and O–H groups in total. The third kappa shape index (κ3) is 4.05. The maximum atomic E-state index is 15.0. The highest BCUT2D eigenvalue weighted by Crippen LogP contribution is 2.45. The van der Waals surface area contributed by atoms with Gasteiger partial charge in [-0.3, -0.25) is 4.79 Å². The average molecular weight is 523 g/mol. The molecule has 3 aromatic rings. The Kier molecular flexibility index (Phi) is 6.04. The minimum Gasteiger partial charge on any atom is -0.493 e. The van der Waals surface area contributed by atoms with E-state index in [1.165, 1.54) is 6.07 Å². The number of rotatable bonds is 4. The van der Waals surface area contributed by atoms with Crippen LogP contribution >= 0.6 is 15.9 Å². The molecule has 0 saturated heterocycles. The fourth-order valence-electron chi connectivity index (χ4n) is 4.80. The van der Waals surface area contributed by atoms with E-state index >= 15 is 4.39 Å². The Labute approximate surface area is 206 Å². The number of nitrogens with one attached hydrogen (secondary N) is 2. The van der Waals surface area contributed by atoms with Crippen molar-refractivity contribution >= 4 is 33.1 Å². The van der Waals surface area contributed by atoms with Crippen LogP contribution in [0.1, 0.15) is 35.9 Å². The predicted molar refractivity (Wildman–Crippen MR) is 134 cm³/mol. The second-order valence-corrected chi connectivity index (χ2v) is 9.36. The van der Waals surface area contributed by atoms with Gasteiger partial charge < -0.3 is 20.1 Å². The van der Waals surface area contributed by atoms with E-state index in [0.717, 1.165) is 27.1 Å². The highest BCUT2D eigenvalue weighted by Gasteiger charge is 2.37. The van der Waals surface area contributed by atoms with Crippen molar-refractivity contribution < 1.29 is 18.7 Å². The van der Waals surface area contributed by atoms with Gasteiger partial charge in [0, 0.05) is 27.7 Å². The summed E-state index contributed by atoms with van der Waals surface area (Å²) >= 11 is 3.45.